The summed E-state index contributed by atoms with van der Waals surface area (Å²) in [5.74, 6) is 0.584. The van der Waals surface area contributed by atoms with Gasteiger partial charge >= 0.3 is 0 Å². The normalized spacial score (nSPS) is 12.9. The molecule has 0 aliphatic rings. The van der Waals surface area contributed by atoms with Crippen molar-refractivity contribution in [1.29, 1.82) is 0 Å². The van der Waals surface area contributed by atoms with Crippen LogP contribution >= 0.6 is 11.3 Å². The number of nitrogens with two attached hydrogens (primary N) is 1. The van der Waals surface area contributed by atoms with Gasteiger partial charge in [-0.3, -0.25) is 0 Å². The lowest BCUT2D eigenvalue weighted by atomic mass is 9.97. The molecule has 1 aromatic heterocycles. The van der Waals surface area contributed by atoms with Crippen molar-refractivity contribution in [3.05, 3.63) is 57.8 Å². The van der Waals surface area contributed by atoms with Gasteiger partial charge in [-0.2, -0.15) is 11.3 Å². The van der Waals surface area contributed by atoms with Crippen LogP contribution in [0, 0.1) is 0 Å². The molecule has 0 spiro atoms. The molecule has 0 fully saturated rings. The van der Waals surface area contributed by atoms with Crippen LogP contribution < -0.4 is 5.73 Å². The highest BCUT2D eigenvalue weighted by molar-refractivity contribution is 7.07. The van der Waals surface area contributed by atoms with Crippen LogP contribution in [0.5, 0.6) is 0 Å². The van der Waals surface area contributed by atoms with Gasteiger partial charge in [0.15, 0.2) is 0 Å². The zero-order valence-corrected chi connectivity index (χ0v) is 11.9. The molecule has 0 saturated carbocycles. The number of aryl methyl sites for hydroxylation is 1. The molecule has 18 heavy (non-hydrogen) atoms. The minimum Gasteiger partial charge on any atom is -0.324 e. The van der Waals surface area contributed by atoms with Crippen LogP contribution in [-0.2, 0) is 6.42 Å². The van der Waals surface area contributed by atoms with Crippen molar-refractivity contribution in [2.75, 3.05) is 0 Å². The molecule has 2 heteroatoms. The maximum atomic E-state index is 6.24. The first-order chi connectivity index (χ1) is 8.66. The predicted molar refractivity (Wildman–Crippen MR) is 80.1 cm³/mol. The SMILES string of the molecule is CC(C)c1ccc(C(N)CCc2ccsc2)cc1. The summed E-state index contributed by atoms with van der Waals surface area (Å²) in [5, 5.41) is 4.33. The van der Waals surface area contributed by atoms with E-state index < -0.39 is 0 Å². The maximum absolute atomic E-state index is 6.24. The summed E-state index contributed by atoms with van der Waals surface area (Å²) in [6, 6.07) is 11.1. The Bertz CT molecular complexity index is 456. The number of hydrogen-bond acceptors (Lipinski definition) is 2. The van der Waals surface area contributed by atoms with Crippen LogP contribution in [0.25, 0.3) is 0 Å². The van der Waals surface area contributed by atoms with Crippen LogP contribution in [0.4, 0.5) is 0 Å². The van der Waals surface area contributed by atoms with Gasteiger partial charge in [0.1, 0.15) is 0 Å². The molecule has 0 saturated heterocycles. The zero-order chi connectivity index (χ0) is 13.0. The lowest BCUT2D eigenvalue weighted by Crippen LogP contribution is -2.11. The van der Waals surface area contributed by atoms with Gasteiger partial charge in [0.2, 0.25) is 0 Å². The third-order valence-corrected chi connectivity index (χ3v) is 4.09. The molecule has 0 radical (unpaired) electrons. The fourth-order valence-electron chi connectivity index (χ4n) is 2.05. The van der Waals surface area contributed by atoms with E-state index in [4.69, 9.17) is 5.73 Å². The molecular weight excluding hydrogens is 238 g/mol. The molecule has 1 nitrogen and oxygen atoms in total. The van der Waals surface area contributed by atoms with Crippen LogP contribution in [0.2, 0.25) is 0 Å². The van der Waals surface area contributed by atoms with E-state index in [1.807, 2.05) is 0 Å². The van der Waals surface area contributed by atoms with Gasteiger partial charge in [-0.1, -0.05) is 38.1 Å². The van der Waals surface area contributed by atoms with Crippen molar-refractivity contribution < 1.29 is 0 Å². The van der Waals surface area contributed by atoms with Crippen LogP contribution in [-0.4, -0.2) is 0 Å². The summed E-state index contributed by atoms with van der Waals surface area (Å²) >= 11 is 1.75. The van der Waals surface area contributed by atoms with Crippen molar-refractivity contribution in [3.63, 3.8) is 0 Å². The lowest BCUT2D eigenvalue weighted by Gasteiger charge is -2.13. The van der Waals surface area contributed by atoms with E-state index in [2.05, 4.69) is 54.9 Å². The van der Waals surface area contributed by atoms with Gasteiger partial charge in [0, 0.05) is 6.04 Å². The lowest BCUT2D eigenvalue weighted by molar-refractivity contribution is 0.651. The smallest absolute Gasteiger partial charge is 0.0298 e. The first-order valence-corrected chi connectivity index (χ1v) is 7.47. The fourth-order valence-corrected chi connectivity index (χ4v) is 2.75. The zero-order valence-electron chi connectivity index (χ0n) is 11.1. The molecule has 1 heterocycles. The highest BCUT2D eigenvalue weighted by Gasteiger charge is 2.07. The van der Waals surface area contributed by atoms with Crippen molar-refractivity contribution in [3.8, 4) is 0 Å². The largest absolute Gasteiger partial charge is 0.324 e. The molecule has 0 amide bonds. The van der Waals surface area contributed by atoms with Crippen molar-refractivity contribution in [2.24, 2.45) is 5.73 Å². The van der Waals surface area contributed by atoms with Gasteiger partial charge < -0.3 is 5.73 Å². The molecule has 1 aromatic carbocycles. The average molecular weight is 259 g/mol. The van der Waals surface area contributed by atoms with Crippen LogP contribution in [0.3, 0.4) is 0 Å². The first-order valence-electron chi connectivity index (χ1n) is 6.53. The molecule has 1 atom stereocenters. The van der Waals surface area contributed by atoms with Crippen molar-refractivity contribution in [2.45, 2.75) is 38.6 Å². The van der Waals surface area contributed by atoms with E-state index in [1.165, 1.54) is 16.7 Å². The number of thiophene rings is 1. The molecule has 0 aliphatic carbocycles. The van der Waals surface area contributed by atoms with E-state index in [0.717, 1.165) is 12.8 Å². The minimum atomic E-state index is 0.145. The second kappa shape index (κ2) is 6.17. The Kier molecular flexibility index (Phi) is 4.56. The number of benzene rings is 1. The third-order valence-electron chi connectivity index (χ3n) is 3.36. The van der Waals surface area contributed by atoms with Gasteiger partial charge in [-0.25, -0.2) is 0 Å². The van der Waals surface area contributed by atoms with Crippen molar-refractivity contribution >= 4 is 11.3 Å². The number of hydrogen-bond donors (Lipinski definition) is 1. The molecule has 2 aromatic rings. The summed E-state index contributed by atoms with van der Waals surface area (Å²) in [4.78, 5) is 0. The van der Waals surface area contributed by atoms with E-state index in [0.29, 0.717) is 5.92 Å². The monoisotopic (exact) mass is 259 g/mol. The minimum absolute atomic E-state index is 0.145. The second-order valence-corrected chi connectivity index (χ2v) is 5.88. The Morgan fingerprint density at radius 1 is 1.06 bits per heavy atom. The fraction of sp³-hybridized carbons (Fsp3) is 0.375. The van der Waals surface area contributed by atoms with E-state index >= 15 is 0 Å². The highest BCUT2D eigenvalue weighted by atomic mass is 32.1. The van der Waals surface area contributed by atoms with Gasteiger partial charge in [0.25, 0.3) is 0 Å². The van der Waals surface area contributed by atoms with Crippen molar-refractivity contribution in [1.82, 2.24) is 0 Å². The van der Waals surface area contributed by atoms with Gasteiger partial charge in [-0.05, 0) is 52.3 Å². The van der Waals surface area contributed by atoms with Crippen LogP contribution in [0.15, 0.2) is 41.1 Å². The van der Waals surface area contributed by atoms with Gasteiger partial charge in [0.05, 0.1) is 0 Å². The average Bonchev–Trinajstić information content (AvgIpc) is 2.89. The quantitative estimate of drug-likeness (QED) is 0.840. The summed E-state index contributed by atoms with van der Waals surface area (Å²) in [6.07, 6.45) is 2.08. The Morgan fingerprint density at radius 3 is 2.28 bits per heavy atom. The first kappa shape index (κ1) is 13.3. The molecule has 2 N–H and O–H groups in total. The Hall–Kier alpha value is -1.12. The topological polar surface area (TPSA) is 26.0 Å². The number of rotatable bonds is 5. The van der Waals surface area contributed by atoms with E-state index in [-0.39, 0.29) is 6.04 Å². The van der Waals surface area contributed by atoms with E-state index in [1.54, 1.807) is 11.3 Å². The summed E-state index contributed by atoms with van der Waals surface area (Å²) < 4.78 is 0. The molecule has 2 rings (SSSR count). The standard InChI is InChI=1S/C16H21NS/c1-12(2)14-4-6-15(7-5-14)16(17)8-3-13-9-10-18-11-13/h4-7,9-12,16H,3,8,17H2,1-2H3. The summed E-state index contributed by atoms with van der Waals surface area (Å²) in [6.45, 7) is 4.43. The Labute approximate surface area is 114 Å². The highest BCUT2D eigenvalue weighted by Crippen LogP contribution is 2.21. The third kappa shape index (κ3) is 3.44. The maximum Gasteiger partial charge on any atom is 0.0298 e. The molecule has 0 aliphatic heterocycles. The van der Waals surface area contributed by atoms with Crippen LogP contribution in [0.1, 0.15) is 48.9 Å². The Balaban J connectivity index is 1.94. The second-order valence-electron chi connectivity index (χ2n) is 5.10. The predicted octanol–water partition coefficient (Wildman–Crippen LogP) is 4.50. The van der Waals surface area contributed by atoms with E-state index in [9.17, 15) is 0 Å². The molecular formula is C16H21NS. The molecule has 96 valence electrons. The van der Waals surface area contributed by atoms with Gasteiger partial charge in [-0.15, -0.1) is 0 Å². The molecule has 0 bridgehead atoms. The summed E-state index contributed by atoms with van der Waals surface area (Å²) in [7, 11) is 0. The Morgan fingerprint density at radius 2 is 1.72 bits per heavy atom. The summed E-state index contributed by atoms with van der Waals surface area (Å²) in [5.41, 5.74) is 10.3. The molecule has 1 unspecified atom stereocenters.